The number of anilines is 1. The Kier molecular flexibility index (Phi) is 3.42. The molecule has 2 aromatic heterocycles. The Balaban J connectivity index is 2.39. The summed E-state index contributed by atoms with van der Waals surface area (Å²) in [5.74, 6) is -0.139. The molecule has 7 nitrogen and oxygen atoms in total. The lowest BCUT2D eigenvalue weighted by atomic mass is 10.7. The number of sulfonamides is 1. The second-order valence-corrected chi connectivity index (χ2v) is 5.62. The lowest BCUT2D eigenvalue weighted by Gasteiger charge is -2.06. The van der Waals surface area contributed by atoms with Crippen molar-refractivity contribution in [3.8, 4) is 0 Å². The minimum Gasteiger partial charge on any atom is -0.254 e. The van der Waals surface area contributed by atoms with Crippen molar-refractivity contribution in [2.45, 2.75) is 5.03 Å². The number of nitrogens with one attached hydrogen (secondary N) is 1. The largest absolute Gasteiger partial charge is 0.282 e. The number of aryl methyl sites for hydroxylation is 1. The second kappa shape index (κ2) is 4.71. The summed E-state index contributed by atoms with van der Waals surface area (Å²) < 4.78 is 27.4. The van der Waals surface area contributed by atoms with Crippen molar-refractivity contribution in [3.05, 3.63) is 28.6 Å². The molecule has 0 unspecified atom stereocenters. The number of hydrogen-bond acceptors (Lipinski definition) is 5. The van der Waals surface area contributed by atoms with E-state index in [1.165, 1.54) is 25.5 Å². The predicted octanol–water partition coefficient (Wildman–Crippen LogP) is 1.32. The maximum atomic E-state index is 12.0. The van der Waals surface area contributed by atoms with E-state index in [9.17, 15) is 8.42 Å². The molecular formula is C8H7Cl2N5O2S. The van der Waals surface area contributed by atoms with Crippen LogP contribution < -0.4 is 4.72 Å². The molecule has 0 saturated heterocycles. The number of hydrogen-bond donors (Lipinski definition) is 1. The molecule has 10 heteroatoms. The van der Waals surface area contributed by atoms with Crippen LogP contribution in [-0.2, 0) is 17.1 Å². The molecule has 0 aliphatic rings. The standard InChI is InChI=1S/C8H7Cl2N5O2S/c1-15-7(5(9)4-12-15)18(16,17)14-8-11-3-2-6(10)13-8/h2-4H,1H3,(H,11,13,14). The van der Waals surface area contributed by atoms with Crippen molar-refractivity contribution in [3.63, 3.8) is 0 Å². The van der Waals surface area contributed by atoms with Gasteiger partial charge in [0.25, 0.3) is 10.0 Å². The molecule has 0 amide bonds. The molecule has 18 heavy (non-hydrogen) atoms. The zero-order chi connectivity index (χ0) is 13.3. The van der Waals surface area contributed by atoms with Gasteiger partial charge in [0.1, 0.15) is 5.15 Å². The lowest BCUT2D eigenvalue weighted by Crippen LogP contribution is -2.18. The van der Waals surface area contributed by atoms with Gasteiger partial charge in [-0.05, 0) is 6.07 Å². The van der Waals surface area contributed by atoms with Crippen LogP contribution in [0.15, 0.2) is 23.5 Å². The molecule has 2 heterocycles. The Labute approximate surface area is 113 Å². The van der Waals surface area contributed by atoms with Crippen molar-refractivity contribution in [1.29, 1.82) is 0 Å². The van der Waals surface area contributed by atoms with Gasteiger partial charge >= 0.3 is 0 Å². The molecule has 0 aromatic carbocycles. The molecule has 0 aliphatic heterocycles. The topological polar surface area (TPSA) is 89.8 Å². The van der Waals surface area contributed by atoms with Crippen molar-refractivity contribution in [1.82, 2.24) is 19.7 Å². The maximum Gasteiger partial charge on any atom is 0.282 e. The molecule has 96 valence electrons. The van der Waals surface area contributed by atoms with E-state index >= 15 is 0 Å². The van der Waals surface area contributed by atoms with Crippen LogP contribution in [-0.4, -0.2) is 28.2 Å². The van der Waals surface area contributed by atoms with Crippen molar-refractivity contribution in [2.24, 2.45) is 7.05 Å². The summed E-state index contributed by atoms with van der Waals surface area (Å²) in [6, 6.07) is 1.43. The van der Waals surface area contributed by atoms with Crippen LogP contribution in [0.1, 0.15) is 0 Å². The molecule has 0 atom stereocenters. The fraction of sp³-hybridized carbons (Fsp3) is 0.125. The molecule has 0 radical (unpaired) electrons. The van der Waals surface area contributed by atoms with Crippen LogP contribution in [0.3, 0.4) is 0 Å². The highest BCUT2D eigenvalue weighted by Crippen LogP contribution is 2.21. The van der Waals surface area contributed by atoms with Gasteiger partial charge in [-0.2, -0.15) is 13.5 Å². The van der Waals surface area contributed by atoms with Gasteiger partial charge in [0.15, 0.2) is 5.03 Å². The molecule has 0 fully saturated rings. The molecule has 2 rings (SSSR count). The minimum atomic E-state index is -3.91. The van der Waals surface area contributed by atoms with E-state index in [0.717, 1.165) is 4.68 Å². The van der Waals surface area contributed by atoms with Crippen LogP contribution in [0.2, 0.25) is 10.2 Å². The van der Waals surface area contributed by atoms with Gasteiger partial charge in [-0.3, -0.25) is 4.68 Å². The molecule has 1 N–H and O–H groups in total. The zero-order valence-corrected chi connectivity index (χ0v) is 11.3. The molecular weight excluding hydrogens is 301 g/mol. The summed E-state index contributed by atoms with van der Waals surface area (Å²) in [5, 5.41) is 3.70. The first-order valence-corrected chi connectivity index (χ1v) is 6.83. The summed E-state index contributed by atoms with van der Waals surface area (Å²) >= 11 is 11.4. The fourth-order valence-corrected chi connectivity index (χ4v) is 3.00. The van der Waals surface area contributed by atoms with Gasteiger partial charge in [-0.1, -0.05) is 23.2 Å². The van der Waals surface area contributed by atoms with Gasteiger partial charge in [0, 0.05) is 13.2 Å². The van der Waals surface area contributed by atoms with Crippen LogP contribution in [0, 0.1) is 0 Å². The van der Waals surface area contributed by atoms with E-state index in [0.29, 0.717) is 0 Å². The van der Waals surface area contributed by atoms with Crippen LogP contribution in [0.25, 0.3) is 0 Å². The highest BCUT2D eigenvalue weighted by atomic mass is 35.5. The fourth-order valence-electron chi connectivity index (χ4n) is 1.26. The molecule has 0 aliphatic carbocycles. The predicted molar refractivity (Wildman–Crippen MR) is 66.1 cm³/mol. The SMILES string of the molecule is Cn1ncc(Cl)c1S(=O)(=O)Nc1nccc(Cl)n1. The molecule has 0 bridgehead atoms. The second-order valence-electron chi connectivity index (χ2n) is 3.23. The Morgan fingerprint density at radius 3 is 2.67 bits per heavy atom. The number of nitrogens with zero attached hydrogens (tertiary/aromatic N) is 4. The molecule has 2 aromatic rings. The Morgan fingerprint density at radius 2 is 2.11 bits per heavy atom. The van der Waals surface area contributed by atoms with Crippen molar-refractivity contribution in [2.75, 3.05) is 4.72 Å². The highest BCUT2D eigenvalue weighted by molar-refractivity contribution is 7.92. The van der Waals surface area contributed by atoms with Gasteiger partial charge < -0.3 is 0 Å². The quantitative estimate of drug-likeness (QED) is 0.864. The average Bonchev–Trinajstić information content (AvgIpc) is 2.58. The first-order valence-electron chi connectivity index (χ1n) is 4.59. The van der Waals surface area contributed by atoms with Crippen molar-refractivity contribution >= 4 is 39.2 Å². The van der Waals surface area contributed by atoms with E-state index in [-0.39, 0.29) is 21.2 Å². The summed E-state index contributed by atoms with van der Waals surface area (Å²) in [5.41, 5.74) is 0. The molecule has 0 spiro atoms. The Bertz CT molecular complexity index is 665. The summed E-state index contributed by atoms with van der Waals surface area (Å²) in [4.78, 5) is 7.45. The lowest BCUT2D eigenvalue weighted by molar-refractivity contribution is 0.582. The van der Waals surface area contributed by atoms with Crippen LogP contribution in [0.4, 0.5) is 5.95 Å². The third-order valence-electron chi connectivity index (χ3n) is 1.94. The first-order chi connectivity index (χ1) is 8.40. The number of aromatic nitrogens is 4. The van der Waals surface area contributed by atoms with Gasteiger partial charge in [0.2, 0.25) is 5.95 Å². The number of halogens is 2. The third kappa shape index (κ3) is 2.55. The summed E-state index contributed by atoms with van der Waals surface area (Å²) in [7, 11) is -2.46. The van der Waals surface area contributed by atoms with E-state index in [2.05, 4.69) is 19.8 Å². The van der Waals surface area contributed by atoms with Crippen LogP contribution in [0.5, 0.6) is 0 Å². The average molecular weight is 308 g/mol. The Morgan fingerprint density at radius 1 is 1.39 bits per heavy atom. The van der Waals surface area contributed by atoms with E-state index in [1.807, 2.05) is 0 Å². The zero-order valence-electron chi connectivity index (χ0n) is 9.00. The highest BCUT2D eigenvalue weighted by Gasteiger charge is 2.23. The van der Waals surface area contributed by atoms with E-state index < -0.39 is 10.0 Å². The number of rotatable bonds is 3. The third-order valence-corrected chi connectivity index (χ3v) is 3.99. The Hall–Kier alpha value is -1.38. The summed E-state index contributed by atoms with van der Waals surface area (Å²) in [6.07, 6.45) is 2.56. The molecule has 0 saturated carbocycles. The van der Waals surface area contributed by atoms with E-state index in [4.69, 9.17) is 23.2 Å². The first kappa shape index (κ1) is 13.1. The van der Waals surface area contributed by atoms with Gasteiger partial charge in [0.05, 0.1) is 11.2 Å². The van der Waals surface area contributed by atoms with Crippen LogP contribution >= 0.6 is 23.2 Å². The maximum absolute atomic E-state index is 12.0. The monoisotopic (exact) mass is 307 g/mol. The normalized spacial score (nSPS) is 11.5. The minimum absolute atomic E-state index is 0.00651. The van der Waals surface area contributed by atoms with Crippen molar-refractivity contribution < 1.29 is 8.42 Å². The summed E-state index contributed by atoms with van der Waals surface area (Å²) in [6.45, 7) is 0. The smallest absolute Gasteiger partial charge is 0.254 e. The van der Waals surface area contributed by atoms with Gasteiger partial charge in [-0.25, -0.2) is 14.7 Å². The van der Waals surface area contributed by atoms with E-state index in [1.54, 1.807) is 0 Å². The van der Waals surface area contributed by atoms with Gasteiger partial charge in [-0.15, -0.1) is 0 Å².